The lowest BCUT2D eigenvalue weighted by atomic mass is 10.1. The van der Waals surface area contributed by atoms with Gasteiger partial charge in [-0.1, -0.05) is 30.8 Å². The molecule has 0 radical (unpaired) electrons. The molecule has 0 unspecified atom stereocenters. The predicted molar refractivity (Wildman–Crippen MR) is 91.7 cm³/mol. The second-order valence-electron chi connectivity index (χ2n) is 4.87. The van der Waals surface area contributed by atoms with Crippen molar-refractivity contribution in [3.8, 4) is 11.5 Å². The molecule has 0 aliphatic carbocycles. The molecule has 7 heteroatoms. The van der Waals surface area contributed by atoms with Gasteiger partial charge in [0.2, 0.25) is 0 Å². The van der Waals surface area contributed by atoms with E-state index in [9.17, 15) is 9.59 Å². The molecule has 7 nitrogen and oxygen atoms in total. The highest BCUT2D eigenvalue weighted by Crippen LogP contribution is 2.32. The number of hydrogen-bond donors (Lipinski definition) is 2. The molecule has 0 aliphatic heterocycles. The molecular weight excluding hydrogens is 326 g/mol. The summed E-state index contributed by atoms with van der Waals surface area (Å²) in [4.78, 5) is 22.8. The van der Waals surface area contributed by atoms with Crippen LogP contribution in [0.4, 0.5) is 4.79 Å². The molecule has 132 valence electrons. The molecule has 0 saturated heterocycles. The number of esters is 1. The summed E-state index contributed by atoms with van der Waals surface area (Å²) in [7, 11) is 0. The Morgan fingerprint density at radius 3 is 2.44 bits per heavy atom. The first kappa shape index (κ1) is 18.3. The zero-order valence-electron chi connectivity index (χ0n) is 13.6. The highest BCUT2D eigenvalue weighted by Gasteiger charge is 2.10. The maximum Gasteiger partial charge on any atom is 0.412 e. The first-order valence-corrected chi connectivity index (χ1v) is 7.66. The van der Waals surface area contributed by atoms with E-state index in [0.29, 0.717) is 16.9 Å². The number of benzene rings is 2. The minimum absolute atomic E-state index is 0.0225. The summed E-state index contributed by atoms with van der Waals surface area (Å²) in [6.07, 6.45) is 0.383. The molecule has 2 aromatic carbocycles. The second kappa shape index (κ2) is 9.29. The molecule has 2 N–H and O–H groups in total. The van der Waals surface area contributed by atoms with Crippen LogP contribution in [0, 0.1) is 0 Å². The number of carbonyl (C=O) groups excluding carboxylic acids is 2. The third-order valence-electron chi connectivity index (χ3n) is 3.18. The van der Waals surface area contributed by atoms with Crippen molar-refractivity contribution in [3.63, 3.8) is 0 Å². The van der Waals surface area contributed by atoms with Gasteiger partial charge in [-0.3, -0.25) is 0 Å². The van der Waals surface area contributed by atoms with Crippen molar-refractivity contribution in [2.24, 2.45) is 0 Å². The van der Waals surface area contributed by atoms with Gasteiger partial charge in [-0.15, -0.1) is 0 Å². The lowest BCUT2D eigenvalue weighted by Gasteiger charge is -2.12. The summed E-state index contributed by atoms with van der Waals surface area (Å²) in [6, 6.07) is 10.6. The van der Waals surface area contributed by atoms with E-state index in [-0.39, 0.29) is 26.4 Å². The Bertz CT molecular complexity index is 758. The fourth-order valence-electron chi connectivity index (χ4n) is 2.12. The van der Waals surface area contributed by atoms with Crippen LogP contribution >= 0.6 is 0 Å². The van der Waals surface area contributed by atoms with Crippen molar-refractivity contribution in [1.82, 2.24) is 5.32 Å². The molecule has 0 fully saturated rings. The minimum Gasteiger partial charge on any atom is -0.491 e. The van der Waals surface area contributed by atoms with Gasteiger partial charge in [-0.05, 0) is 12.1 Å². The van der Waals surface area contributed by atoms with Gasteiger partial charge in [0, 0.05) is 16.8 Å². The molecule has 2 aromatic rings. The summed E-state index contributed by atoms with van der Waals surface area (Å²) < 4.78 is 15.5. The van der Waals surface area contributed by atoms with E-state index in [1.807, 2.05) is 6.07 Å². The van der Waals surface area contributed by atoms with E-state index < -0.39 is 12.1 Å². The lowest BCUT2D eigenvalue weighted by molar-refractivity contribution is -0.137. The number of hydrogen-bond acceptors (Lipinski definition) is 6. The second-order valence-corrected chi connectivity index (χ2v) is 4.87. The molecule has 0 bridgehead atoms. The summed E-state index contributed by atoms with van der Waals surface area (Å²) in [6.45, 7) is 3.50. The highest BCUT2D eigenvalue weighted by atomic mass is 16.6. The fourth-order valence-corrected chi connectivity index (χ4v) is 2.12. The molecule has 0 atom stereocenters. The first-order valence-electron chi connectivity index (χ1n) is 7.66. The van der Waals surface area contributed by atoms with Crippen LogP contribution < -0.4 is 14.8 Å². The van der Waals surface area contributed by atoms with Crippen molar-refractivity contribution >= 4 is 22.8 Å². The van der Waals surface area contributed by atoms with Gasteiger partial charge in [-0.25, -0.2) is 9.59 Å². The van der Waals surface area contributed by atoms with Gasteiger partial charge < -0.3 is 24.6 Å². The lowest BCUT2D eigenvalue weighted by Crippen LogP contribution is -2.30. The normalized spacial score (nSPS) is 10.1. The Balaban J connectivity index is 2.02. The van der Waals surface area contributed by atoms with E-state index >= 15 is 0 Å². The van der Waals surface area contributed by atoms with Crippen LogP contribution in [0.15, 0.2) is 49.1 Å². The standard InChI is InChI=1S/C18H19NO6/c1-2-17(21)24-11-9-19-18(22)25-16-8-4-5-13-14(16)6-3-7-15(13)23-12-10-20/h2-8,20H,1,9-12H2,(H,19,22). The molecular formula is C18H19NO6. The Morgan fingerprint density at radius 2 is 1.76 bits per heavy atom. The van der Waals surface area contributed by atoms with Crippen LogP contribution in [-0.2, 0) is 9.53 Å². The van der Waals surface area contributed by atoms with E-state index in [1.54, 1.807) is 30.3 Å². The number of ether oxygens (including phenoxy) is 3. The van der Waals surface area contributed by atoms with Gasteiger partial charge in [0.25, 0.3) is 0 Å². The Kier molecular flexibility index (Phi) is 6.79. The minimum atomic E-state index is -0.663. The molecule has 2 rings (SSSR count). The summed E-state index contributed by atoms with van der Waals surface area (Å²) in [5, 5.41) is 12.8. The summed E-state index contributed by atoms with van der Waals surface area (Å²) >= 11 is 0. The maximum absolute atomic E-state index is 11.9. The fraction of sp³-hybridized carbons (Fsp3) is 0.222. The van der Waals surface area contributed by atoms with Crippen molar-refractivity contribution in [2.45, 2.75) is 0 Å². The van der Waals surface area contributed by atoms with E-state index in [1.165, 1.54) is 0 Å². The van der Waals surface area contributed by atoms with Crippen molar-refractivity contribution < 1.29 is 28.9 Å². The average molecular weight is 345 g/mol. The molecule has 0 aliphatic rings. The van der Waals surface area contributed by atoms with E-state index in [0.717, 1.165) is 11.5 Å². The molecule has 0 saturated carbocycles. The number of amides is 1. The van der Waals surface area contributed by atoms with Crippen molar-refractivity contribution in [1.29, 1.82) is 0 Å². The van der Waals surface area contributed by atoms with E-state index in [4.69, 9.17) is 19.3 Å². The third-order valence-corrected chi connectivity index (χ3v) is 3.18. The monoisotopic (exact) mass is 345 g/mol. The van der Waals surface area contributed by atoms with Crippen LogP contribution in [0.3, 0.4) is 0 Å². The molecule has 0 heterocycles. The first-order chi connectivity index (χ1) is 12.2. The smallest absolute Gasteiger partial charge is 0.412 e. The van der Waals surface area contributed by atoms with E-state index in [2.05, 4.69) is 11.9 Å². The molecule has 0 aromatic heterocycles. The van der Waals surface area contributed by atoms with Gasteiger partial charge in [0.05, 0.1) is 13.2 Å². The Labute approximate surface area is 144 Å². The number of carbonyl (C=O) groups is 2. The van der Waals surface area contributed by atoms with Crippen LogP contribution in [-0.4, -0.2) is 43.5 Å². The van der Waals surface area contributed by atoms with Gasteiger partial charge >= 0.3 is 12.1 Å². The third kappa shape index (κ3) is 5.22. The van der Waals surface area contributed by atoms with Gasteiger partial charge in [-0.2, -0.15) is 0 Å². The Morgan fingerprint density at radius 1 is 1.08 bits per heavy atom. The maximum atomic E-state index is 11.9. The van der Waals surface area contributed by atoms with Gasteiger partial charge in [0.1, 0.15) is 24.7 Å². The number of aliphatic hydroxyl groups is 1. The molecule has 1 amide bonds. The van der Waals surface area contributed by atoms with Crippen molar-refractivity contribution in [2.75, 3.05) is 26.4 Å². The Hall–Kier alpha value is -3.06. The van der Waals surface area contributed by atoms with Crippen LogP contribution in [0.2, 0.25) is 0 Å². The van der Waals surface area contributed by atoms with Crippen LogP contribution in [0.1, 0.15) is 0 Å². The largest absolute Gasteiger partial charge is 0.491 e. The quantitative estimate of drug-likeness (QED) is 0.432. The SMILES string of the molecule is C=CC(=O)OCCNC(=O)Oc1cccc2c(OCCO)cccc12. The molecule has 25 heavy (non-hydrogen) atoms. The number of rotatable bonds is 8. The van der Waals surface area contributed by atoms with Crippen LogP contribution in [0.25, 0.3) is 10.8 Å². The number of fused-ring (bicyclic) bond motifs is 1. The number of nitrogens with one attached hydrogen (secondary N) is 1. The zero-order chi connectivity index (χ0) is 18.1. The average Bonchev–Trinajstić information content (AvgIpc) is 2.63. The summed E-state index contributed by atoms with van der Waals surface area (Å²) in [5.41, 5.74) is 0. The highest BCUT2D eigenvalue weighted by molar-refractivity contribution is 5.94. The summed E-state index contributed by atoms with van der Waals surface area (Å²) in [5.74, 6) is 0.404. The van der Waals surface area contributed by atoms with Crippen molar-refractivity contribution in [3.05, 3.63) is 49.1 Å². The molecule has 0 spiro atoms. The number of aliphatic hydroxyl groups excluding tert-OH is 1. The topological polar surface area (TPSA) is 94.1 Å². The predicted octanol–water partition coefficient (Wildman–Crippen LogP) is 2.03. The zero-order valence-corrected chi connectivity index (χ0v) is 13.6. The van der Waals surface area contributed by atoms with Crippen LogP contribution in [0.5, 0.6) is 11.5 Å². The van der Waals surface area contributed by atoms with Gasteiger partial charge in [0.15, 0.2) is 0 Å².